The molecule has 28 heavy (non-hydrogen) atoms. The summed E-state index contributed by atoms with van der Waals surface area (Å²) < 4.78 is 5.64. The second-order valence-electron chi connectivity index (χ2n) is 6.02. The number of aromatic nitrogens is 1. The predicted molar refractivity (Wildman–Crippen MR) is 113 cm³/mol. The zero-order chi connectivity index (χ0) is 20.1. The number of pyridine rings is 1. The first kappa shape index (κ1) is 20.0. The number of benzene rings is 1. The molecule has 0 aliphatic carbocycles. The van der Waals surface area contributed by atoms with Crippen LogP contribution in [0.5, 0.6) is 5.75 Å². The number of hydrogen-bond donors (Lipinski definition) is 1. The molecule has 1 aliphatic heterocycles. The lowest BCUT2D eigenvalue weighted by Gasteiger charge is -2.13. The van der Waals surface area contributed by atoms with Crippen LogP contribution in [0, 0.1) is 0 Å². The van der Waals surface area contributed by atoms with Crippen LogP contribution in [0.25, 0.3) is 17.2 Å². The molecule has 1 saturated heterocycles. The maximum atomic E-state index is 12.7. The van der Waals surface area contributed by atoms with Crippen LogP contribution in [-0.2, 0) is 9.59 Å². The molecular formula is C20H18N2O4S2. The molecule has 3 rings (SSSR count). The summed E-state index contributed by atoms with van der Waals surface area (Å²) in [5.74, 6) is -0.327. The van der Waals surface area contributed by atoms with Gasteiger partial charge in [0.15, 0.2) is 0 Å². The average Bonchev–Trinajstić information content (AvgIpc) is 2.95. The molecule has 0 atom stereocenters. The highest BCUT2D eigenvalue weighted by molar-refractivity contribution is 8.26. The molecule has 8 heteroatoms. The van der Waals surface area contributed by atoms with Gasteiger partial charge < -0.3 is 9.84 Å². The van der Waals surface area contributed by atoms with E-state index in [4.69, 9.17) is 22.1 Å². The van der Waals surface area contributed by atoms with Gasteiger partial charge in [0.1, 0.15) is 10.1 Å². The molecule has 1 amide bonds. The molecule has 1 aromatic heterocycles. The number of thiocarbonyl (C=S) groups is 1. The van der Waals surface area contributed by atoms with E-state index in [1.807, 2.05) is 30.3 Å². The molecule has 0 saturated carbocycles. The fourth-order valence-corrected chi connectivity index (χ4v) is 4.08. The summed E-state index contributed by atoms with van der Waals surface area (Å²) >= 11 is 6.51. The lowest BCUT2D eigenvalue weighted by atomic mass is 10.0. The Morgan fingerprint density at radius 2 is 2.07 bits per heavy atom. The van der Waals surface area contributed by atoms with Crippen molar-refractivity contribution in [2.45, 2.75) is 12.8 Å². The van der Waals surface area contributed by atoms with Gasteiger partial charge in [0, 0.05) is 30.9 Å². The van der Waals surface area contributed by atoms with Gasteiger partial charge in [0.25, 0.3) is 5.91 Å². The van der Waals surface area contributed by atoms with Gasteiger partial charge in [-0.05, 0) is 41.8 Å². The SMILES string of the molecule is COc1ccc(-c2ccncc2C=C2SC(=S)N(CCCC(=O)O)C2=O)cc1. The first-order valence-electron chi connectivity index (χ1n) is 8.55. The zero-order valence-corrected chi connectivity index (χ0v) is 16.8. The van der Waals surface area contributed by atoms with E-state index in [0.29, 0.717) is 22.2 Å². The summed E-state index contributed by atoms with van der Waals surface area (Å²) in [4.78, 5) is 29.5. The van der Waals surface area contributed by atoms with Gasteiger partial charge >= 0.3 is 5.97 Å². The zero-order valence-electron chi connectivity index (χ0n) is 15.1. The molecule has 1 N–H and O–H groups in total. The molecular weight excluding hydrogens is 396 g/mol. The van der Waals surface area contributed by atoms with E-state index in [2.05, 4.69) is 4.98 Å². The Morgan fingerprint density at radius 1 is 1.32 bits per heavy atom. The molecule has 1 aliphatic rings. The molecule has 144 valence electrons. The number of aliphatic carboxylic acids is 1. The molecule has 0 bridgehead atoms. The summed E-state index contributed by atoms with van der Waals surface area (Å²) in [5, 5.41) is 8.77. The van der Waals surface area contributed by atoms with Gasteiger partial charge in [-0.1, -0.05) is 36.1 Å². The van der Waals surface area contributed by atoms with Gasteiger partial charge in [0.2, 0.25) is 0 Å². The summed E-state index contributed by atoms with van der Waals surface area (Å²) in [6.07, 6.45) is 5.55. The van der Waals surface area contributed by atoms with Gasteiger partial charge in [-0.15, -0.1) is 0 Å². The number of hydrogen-bond acceptors (Lipinski definition) is 6. The van der Waals surface area contributed by atoms with Crippen molar-refractivity contribution in [3.05, 3.63) is 53.2 Å². The number of methoxy groups -OCH3 is 1. The largest absolute Gasteiger partial charge is 0.497 e. The average molecular weight is 415 g/mol. The highest BCUT2D eigenvalue weighted by Crippen LogP contribution is 2.35. The standard InChI is InChI=1S/C20H18N2O4S2/c1-26-15-6-4-13(5-7-15)16-8-9-21-12-14(16)11-17-19(25)22(20(27)28-17)10-2-3-18(23)24/h4-9,11-12H,2-3,10H2,1H3,(H,23,24). The highest BCUT2D eigenvalue weighted by Gasteiger charge is 2.31. The number of carbonyl (C=O) groups excluding carboxylic acids is 1. The Kier molecular flexibility index (Phi) is 6.43. The van der Waals surface area contributed by atoms with Crippen LogP contribution in [0.2, 0.25) is 0 Å². The van der Waals surface area contributed by atoms with Crippen molar-refractivity contribution in [1.82, 2.24) is 9.88 Å². The van der Waals surface area contributed by atoms with E-state index in [9.17, 15) is 9.59 Å². The fourth-order valence-electron chi connectivity index (χ4n) is 2.78. The van der Waals surface area contributed by atoms with E-state index in [1.54, 1.807) is 25.6 Å². The molecule has 2 heterocycles. The number of rotatable bonds is 7. The first-order valence-corrected chi connectivity index (χ1v) is 9.77. The van der Waals surface area contributed by atoms with E-state index < -0.39 is 5.97 Å². The third-order valence-electron chi connectivity index (χ3n) is 4.19. The van der Waals surface area contributed by atoms with Crippen LogP contribution >= 0.6 is 24.0 Å². The fraction of sp³-hybridized carbons (Fsp3) is 0.200. The monoisotopic (exact) mass is 414 g/mol. The smallest absolute Gasteiger partial charge is 0.303 e. The molecule has 6 nitrogen and oxygen atoms in total. The Hall–Kier alpha value is -2.71. The number of thioether (sulfide) groups is 1. The lowest BCUT2D eigenvalue weighted by molar-refractivity contribution is -0.137. The number of amides is 1. The van der Waals surface area contributed by atoms with Gasteiger partial charge in [-0.25, -0.2) is 0 Å². The molecule has 0 unspecified atom stereocenters. The number of nitrogens with zero attached hydrogens (tertiary/aromatic N) is 2. The van der Waals surface area contributed by atoms with Crippen molar-refractivity contribution in [2.75, 3.05) is 13.7 Å². The normalized spacial score (nSPS) is 15.3. The maximum absolute atomic E-state index is 12.7. The topological polar surface area (TPSA) is 79.7 Å². The van der Waals surface area contributed by atoms with Gasteiger partial charge in [-0.2, -0.15) is 0 Å². The van der Waals surface area contributed by atoms with Crippen LogP contribution < -0.4 is 4.74 Å². The second-order valence-corrected chi connectivity index (χ2v) is 7.70. The van der Waals surface area contributed by atoms with Crippen LogP contribution in [0.3, 0.4) is 0 Å². The summed E-state index contributed by atoms with van der Waals surface area (Å²) in [7, 11) is 1.62. The first-order chi connectivity index (χ1) is 13.5. The number of ether oxygens (including phenoxy) is 1. The highest BCUT2D eigenvalue weighted by atomic mass is 32.2. The Labute approximate surface area is 172 Å². The Balaban J connectivity index is 1.84. The minimum absolute atomic E-state index is 0.000328. The van der Waals surface area contributed by atoms with E-state index in [-0.39, 0.29) is 12.3 Å². The van der Waals surface area contributed by atoms with Crippen molar-refractivity contribution in [1.29, 1.82) is 0 Å². The Bertz CT molecular complexity index is 941. The molecule has 1 fully saturated rings. The van der Waals surface area contributed by atoms with Crippen molar-refractivity contribution < 1.29 is 19.4 Å². The number of carbonyl (C=O) groups is 2. The third kappa shape index (κ3) is 4.58. The van der Waals surface area contributed by atoms with Gasteiger partial charge in [-0.3, -0.25) is 19.5 Å². The summed E-state index contributed by atoms with van der Waals surface area (Å²) in [6, 6.07) is 9.54. The van der Waals surface area contributed by atoms with Crippen LogP contribution in [-0.4, -0.2) is 44.8 Å². The van der Waals surface area contributed by atoms with E-state index in [0.717, 1.165) is 22.4 Å². The van der Waals surface area contributed by atoms with Crippen molar-refractivity contribution in [3.63, 3.8) is 0 Å². The summed E-state index contributed by atoms with van der Waals surface area (Å²) in [5.41, 5.74) is 2.72. The molecule has 0 radical (unpaired) electrons. The van der Waals surface area contributed by atoms with Crippen molar-refractivity contribution in [2.24, 2.45) is 0 Å². The summed E-state index contributed by atoms with van der Waals surface area (Å²) in [6.45, 7) is 0.298. The molecule has 2 aromatic rings. The molecule has 1 aromatic carbocycles. The maximum Gasteiger partial charge on any atom is 0.303 e. The van der Waals surface area contributed by atoms with Crippen molar-refractivity contribution >= 4 is 46.3 Å². The van der Waals surface area contributed by atoms with Crippen LogP contribution in [0.15, 0.2) is 47.6 Å². The second kappa shape index (κ2) is 8.99. The number of carboxylic acids is 1. The Morgan fingerprint density at radius 3 is 2.75 bits per heavy atom. The van der Waals surface area contributed by atoms with Gasteiger partial charge in [0.05, 0.1) is 12.0 Å². The van der Waals surface area contributed by atoms with Crippen molar-refractivity contribution in [3.8, 4) is 16.9 Å². The third-order valence-corrected chi connectivity index (χ3v) is 5.56. The lowest BCUT2D eigenvalue weighted by Crippen LogP contribution is -2.29. The predicted octanol–water partition coefficient (Wildman–Crippen LogP) is 3.82. The number of carboxylic acid groups (broad SMARTS) is 1. The van der Waals surface area contributed by atoms with E-state index >= 15 is 0 Å². The molecule has 0 spiro atoms. The minimum Gasteiger partial charge on any atom is -0.497 e. The quantitative estimate of drug-likeness (QED) is 0.545. The van der Waals surface area contributed by atoms with Crippen LogP contribution in [0.1, 0.15) is 18.4 Å². The minimum atomic E-state index is -0.888. The van der Waals surface area contributed by atoms with Crippen LogP contribution in [0.4, 0.5) is 0 Å². The van der Waals surface area contributed by atoms with E-state index in [1.165, 1.54) is 16.7 Å².